The zero-order valence-electron chi connectivity index (χ0n) is 13.5. The summed E-state index contributed by atoms with van der Waals surface area (Å²) >= 11 is 7.61. The number of hydrogen-bond acceptors (Lipinski definition) is 4. The number of amides is 1. The summed E-state index contributed by atoms with van der Waals surface area (Å²) in [5, 5.41) is 4.41. The average molecular weight is 366 g/mol. The molecule has 0 radical (unpaired) electrons. The number of ether oxygens (including phenoxy) is 1. The maximum atomic E-state index is 12.0. The molecule has 1 aromatic heterocycles. The summed E-state index contributed by atoms with van der Waals surface area (Å²) in [6, 6.07) is 5.76. The van der Waals surface area contributed by atoms with E-state index in [2.05, 4.69) is 10.3 Å². The predicted molar refractivity (Wildman–Crippen MR) is 96.0 cm³/mol. The van der Waals surface area contributed by atoms with Gasteiger partial charge in [-0.2, -0.15) is 0 Å². The fraction of sp³-hybridized carbons (Fsp3) is 0.412. The minimum Gasteiger partial charge on any atom is -0.376 e. The molecule has 0 spiro atoms. The van der Waals surface area contributed by atoms with E-state index in [-0.39, 0.29) is 12.0 Å². The lowest BCUT2D eigenvalue weighted by molar-refractivity contribution is -0.119. The van der Waals surface area contributed by atoms with E-state index in [1.807, 2.05) is 35.9 Å². The van der Waals surface area contributed by atoms with Gasteiger partial charge < -0.3 is 10.1 Å². The third-order valence-electron chi connectivity index (χ3n) is 3.99. The number of hydrogen-bond donors (Lipinski definition) is 1. The minimum atomic E-state index is -0.00661. The fourth-order valence-corrected chi connectivity index (χ4v) is 3.62. The summed E-state index contributed by atoms with van der Waals surface area (Å²) in [5.41, 5.74) is 1.96. The lowest BCUT2D eigenvalue weighted by atomic mass is 10.2. The molecule has 1 aliphatic heterocycles. The van der Waals surface area contributed by atoms with Crippen LogP contribution in [-0.2, 0) is 9.53 Å². The Morgan fingerprint density at radius 2 is 2.42 bits per heavy atom. The number of nitrogens with one attached hydrogen (secondary N) is 1. The van der Waals surface area contributed by atoms with Gasteiger partial charge in [0.05, 0.1) is 17.5 Å². The molecule has 1 amide bonds. The molecule has 1 aromatic carbocycles. The second-order valence-electron chi connectivity index (χ2n) is 5.69. The molecule has 1 N–H and O–H groups in total. The molecule has 1 aliphatic rings. The molecule has 5 nitrogen and oxygen atoms in total. The van der Waals surface area contributed by atoms with Crippen LogP contribution >= 0.6 is 23.4 Å². The van der Waals surface area contributed by atoms with Gasteiger partial charge in [0, 0.05) is 30.6 Å². The number of rotatable bonds is 6. The van der Waals surface area contributed by atoms with Crippen molar-refractivity contribution in [1.82, 2.24) is 14.9 Å². The lowest BCUT2D eigenvalue weighted by Gasteiger charge is -2.12. The Hall–Kier alpha value is -1.50. The van der Waals surface area contributed by atoms with Crippen molar-refractivity contribution in [3.63, 3.8) is 0 Å². The van der Waals surface area contributed by atoms with Crippen molar-refractivity contribution in [2.75, 3.05) is 18.9 Å². The smallest absolute Gasteiger partial charge is 0.230 e. The Kier molecular flexibility index (Phi) is 5.81. The highest BCUT2D eigenvalue weighted by molar-refractivity contribution is 7.99. The molecule has 0 bridgehead atoms. The number of benzene rings is 1. The minimum absolute atomic E-state index is 0.00661. The zero-order valence-corrected chi connectivity index (χ0v) is 15.1. The van der Waals surface area contributed by atoms with Crippen LogP contribution in [0.2, 0.25) is 5.02 Å². The molecule has 3 rings (SSSR count). The monoisotopic (exact) mass is 365 g/mol. The SMILES string of the molecule is Cc1c(Cl)cccc1-n1ccnc1SCC(=O)NCC1CCCO1. The van der Waals surface area contributed by atoms with Gasteiger partial charge in [-0.05, 0) is 37.5 Å². The van der Waals surface area contributed by atoms with E-state index in [0.717, 1.165) is 35.9 Å². The van der Waals surface area contributed by atoms with Crippen LogP contribution in [0, 0.1) is 6.92 Å². The van der Waals surface area contributed by atoms with Crippen molar-refractivity contribution in [2.24, 2.45) is 0 Å². The van der Waals surface area contributed by atoms with Crippen LogP contribution in [0.5, 0.6) is 0 Å². The van der Waals surface area contributed by atoms with Gasteiger partial charge in [-0.15, -0.1) is 0 Å². The number of thioether (sulfide) groups is 1. The maximum Gasteiger partial charge on any atom is 0.230 e. The van der Waals surface area contributed by atoms with Crippen LogP contribution in [0.4, 0.5) is 0 Å². The Morgan fingerprint density at radius 3 is 3.21 bits per heavy atom. The molecule has 24 heavy (non-hydrogen) atoms. The highest BCUT2D eigenvalue weighted by Crippen LogP contribution is 2.26. The first-order valence-corrected chi connectivity index (χ1v) is 9.31. The first-order chi connectivity index (χ1) is 11.6. The fourth-order valence-electron chi connectivity index (χ4n) is 2.65. The number of imidazole rings is 1. The summed E-state index contributed by atoms with van der Waals surface area (Å²) in [6.45, 7) is 3.35. The van der Waals surface area contributed by atoms with E-state index in [9.17, 15) is 4.79 Å². The average Bonchev–Trinajstić information content (AvgIpc) is 3.25. The number of halogens is 1. The van der Waals surface area contributed by atoms with Crippen molar-refractivity contribution in [1.29, 1.82) is 0 Å². The van der Waals surface area contributed by atoms with E-state index in [1.165, 1.54) is 11.8 Å². The second-order valence-corrected chi connectivity index (χ2v) is 7.04. The van der Waals surface area contributed by atoms with Gasteiger partial charge in [0.1, 0.15) is 0 Å². The summed E-state index contributed by atoms with van der Waals surface area (Å²) in [4.78, 5) is 16.4. The summed E-state index contributed by atoms with van der Waals surface area (Å²) in [5.74, 6) is 0.316. The Bertz CT molecular complexity index is 714. The summed E-state index contributed by atoms with van der Waals surface area (Å²) < 4.78 is 7.46. The number of nitrogens with zero attached hydrogens (tertiary/aromatic N) is 2. The highest BCUT2D eigenvalue weighted by atomic mass is 35.5. The first kappa shape index (κ1) is 17.3. The van der Waals surface area contributed by atoms with Gasteiger partial charge >= 0.3 is 0 Å². The van der Waals surface area contributed by atoms with E-state index in [4.69, 9.17) is 16.3 Å². The standard InChI is InChI=1S/C17H20ClN3O2S/c1-12-14(18)5-2-6-15(12)21-8-7-19-17(21)24-11-16(22)20-10-13-4-3-9-23-13/h2,5-8,13H,3-4,9-11H2,1H3,(H,20,22). The molecule has 7 heteroatoms. The largest absolute Gasteiger partial charge is 0.376 e. The van der Waals surface area contributed by atoms with Gasteiger partial charge in [0.25, 0.3) is 0 Å². The van der Waals surface area contributed by atoms with Crippen LogP contribution in [0.25, 0.3) is 5.69 Å². The normalized spacial score (nSPS) is 17.2. The number of carbonyl (C=O) groups is 1. The molecule has 1 saturated heterocycles. The first-order valence-electron chi connectivity index (χ1n) is 7.95. The van der Waals surface area contributed by atoms with Crippen molar-refractivity contribution in [3.05, 3.63) is 41.2 Å². The van der Waals surface area contributed by atoms with Gasteiger partial charge in [0.2, 0.25) is 5.91 Å². The van der Waals surface area contributed by atoms with Gasteiger partial charge in [-0.3, -0.25) is 9.36 Å². The van der Waals surface area contributed by atoms with Crippen LogP contribution in [-0.4, -0.2) is 40.5 Å². The molecule has 2 heterocycles. The molecule has 1 atom stereocenters. The highest BCUT2D eigenvalue weighted by Gasteiger charge is 2.17. The van der Waals surface area contributed by atoms with Crippen LogP contribution < -0.4 is 5.32 Å². The second kappa shape index (κ2) is 8.05. The van der Waals surface area contributed by atoms with Crippen LogP contribution in [0.3, 0.4) is 0 Å². The maximum absolute atomic E-state index is 12.0. The molecule has 0 saturated carbocycles. The van der Waals surface area contributed by atoms with Crippen molar-refractivity contribution < 1.29 is 9.53 Å². The summed E-state index contributed by atoms with van der Waals surface area (Å²) in [6.07, 6.45) is 5.87. The quantitative estimate of drug-likeness (QED) is 0.798. The van der Waals surface area contributed by atoms with Crippen molar-refractivity contribution in [2.45, 2.75) is 31.0 Å². The number of aromatic nitrogens is 2. The molecule has 1 fully saturated rings. The van der Waals surface area contributed by atoms with E-state index in [0.29, 0.717) is 17.3 Å². The molecular weight excluding hydrogens is 346 g/mol. The van der Waals surface area contributed by atoms with Crippen molar-refractivity contribution in [3.8, 4) is 5.69 Å². The zero-order chi connectivity index (χ0) is 16.9. The Balaban J connectivity index is 1.59. The van der Waals surface area contributed by atoms with Gasteiger partial charge in [-0.25, -0.2) is 4.98 Å². The van der Waals surface area contributed by atoms with E-state index < -0.39 is 0 Å². The Morgan fingerprint density at radius 1 is 1.54 bits per heavy atom. The number of carbonyl (C=O) groups excluding carboxylic acids is 1. The Labute approximate surface area is 150 Å². The molecule has 2 aromatic rings. The van der Waals surface area contributed by atoms with Crippen LogP contribution in [0.15, 0.2) is 35.7 Å². The molecule has 0 aliphatic carbocycles. The lowest BCUT2D eigenvalue weighted by Crippen LogP contribution is -2.32. The molecule has 128 valence electrons. The van der Waals surface area contributed by atoms with Gasteiger partial charge in [0.15, 0.2) is 5.16 Å². The van der Waals surface area contributed by atoms with E-state index >= 15 is 0 Å². The molecular formula is C17H20ClN3O2S. The van der Waals surface area contributed by atoms with Gasteiger partial charge in [-0.1, -0.05) is 29.4 Å². The molecule has 1 unspecified atom stereocenters. The topological polar surface area (TPSA) is 56.2 Å². The summed E-state index contributed by atoms with van der Waals surface area (Å²) in [7, 11) is 0. The predicted octanol–water partition coefficient (Wildman–Crippen LogP) is 3.22. The third kappa shape index (κ3) is 4.12. The van der Waals surface area contributed by atoms with E-state index in [1.54, 1.807) is 6.20 Å². The third-order valence-corrected chi connectivity index (χ3v) is 5.36. The van der Waals surface area contributed by atoms with Crippen LogP contribution in [0.1, 0.15) is 18.4 Å². The van der Waals surface area contributed by atoms with Crippen molar-refractivity contribution >= 4 is 29.3 Å².